The Hall–Kier alpha value is -1.95. The first-order chi connectivity index (χ1) is 9.66. The number of carbonyl (C=O) groups excluding carboxylic acids is 1. The van der Waals surface area contributed by atoms with Crippen molar-refractivity contribution in [3.63, 3.8) is 0 Å². The first-order valence-corrected chi connectivity index (χ1v) is 6.91. The SMILES string of the molecule is O=C(NCCc1ccc([N+](=O)[O-])cc1)C1CCCCN1. The van der Waals surface area contributed by atoms with E-state index in [1.807, 2.05) is 0 Å². The van der Waals surface area contributed by atoms with Crippen LogP contribution in [0, 0.1) is 10.1 Å². The van der Waals surface area contributed by atoms with Crippen molar-refractivity contribution in [2.75, 3.05) is 13.1 Å². The van der Waals surface area contributed by atoms with E-state index >= 15 is 0 Å². The highest BCUT2D eigenvalue weighted by molar-refractivity contribution is 5.81. The van der Waals surface area contributed by atoms with Crippen LogP contribution in [-0.2, 0) is 11.2 Å². The van der Waals surface area contributed by atoms with Crippen LogP contribution in [0.4, 0.5) is 5.69 Å². The molecule has 1 aliphatic heterocycles. The molecule has 1 fully saturated rings. The second kappa shape index (κ2) is 7.00. The molecule has 1 aliphatic rings. The Kier molecular flexibility index (Phi) is 5.06. The number of hydrogen-bond acceptors (Lipinski definition) is 4. The summed E-state index contributed by atoms with van der Waals surface area (Å²) in [5.74, 6) is 0.0478. The van der Waals surface area contributed by atoms with Gasteiger partial charge in [-0.2, -0.15) is 0 Å². The number of piperidine rings is 1. The summed E-state index contributed by atoms with van der Waals surface area (Å²) in [5.41, 5.74) is 1.07. The van der Waals surface area contributed by atoms with Crippen molar-refractivity contribution in [3.8, 4) is 0 Å². The van der Waals surface area contributed by atoms with Crippen LogP contribution in [0.15, 0.2) is 24.3 Å². The molecule has 0 aromatic heterocycles. The summed E-state index contributed by atoms with van der Waals surface area (Å²) in [5, 5.41) is 16.6. The third-order valence-corrected chi connectivity index (χ3v) is 3.49. The van der Waals surface area contributed by atoms with Crippen LogP contribution in [0.2, 0.25) is 0 Å². The van der Waals surface area contributed by atoms with Crippen LogP contribution in [0.1, 0.15) is 24.8 Å². The minimum Gasteiger partial charge on any atom is -0.354 e. The van der Waals surface area contributed by atoms with Gasteiger partial charge in [-0.05, 0) is 31.4 Å². The van der Waals surface area contributed by atoms with E-state index in [2.05, 4.69) is 10.6 Å². The second-order valence-corrected chi connectivity index (χ2v) is 4.97. The molecule has 6 nitrogen and oxygen atoms in total. The standard InChI is InChI=1S/C14H19N3O3/c18-14(13-3-1-2-9-15-13)16-10-8-11-4-6-12(7-5-11)17(19)20/h4-7,13,15H,1-3,8-10H2,(H,16,18). The highest BCUT2D eigenvalue weighted by Gasteiger charge is 2.19. The summed E-state index contributed by atoms with van der Waals surface area (Å²) in [6.45, 7) is 1.45. The molecule has 2 rings (SSSR count). The molecule has 1 atom stereocenters. The lowest BCUT2D eigenvalue weighted by molar-refractivity contribution is -0.384. The molecule has 20 heavy (non-hydrogen) atoms. The van der Waals surface area contributed by atoms with Crippen molar-refractivity contribution in [2.45, 2.75) is 31.7 Å². The zero-order valence-corrected chi connectivity index (χ0v) is 11.3. The molecule has 0 saturated carbocycles. The highest BCUT2D eigenvalue weighted by atomic mass is 16.6. The third kappa shape index (κ3) is 4.03. The largest absolute Gasteiger partial charge is 0.354 e. The van der Waals surface area contributed by atoms with Gasteiger partial charge in [-0.3, -0.25) is 14.9 Å². The first kappa shape index (κ1) is 14.5. The quantitative estimate of drug-likeness (QED) is 0.629. The lowest BCUT2D eigenvalue weighted by Gasteiger charge is -2.22. The predicted molar refractivity (Wildman–Crippen MR) is 75.5 cm³/mol. The average Bonchev–Trinajstić information content (AvgIpc) is 2.48. The summed E-state index contributed by atoms with van der Waals surface area (Å²) in [6.07, 6.45) is 3.79. The maximum absolute atomic E-state index is 11.9. The molecule has 1 aromatic carbocycles. The number of amides is 1. The normalized spacial score (nSPS) is 18.5. The van der Waals surface area contributed by atoms with Crippen molar-refractivity contribution < 1.29 is 9.72 Å². The van der Waals surface area contributed by atoms with E-state index in [0.717, 1.165) is 31.4 Å². The van der Waals surface area contributed by atoms with Crippen molar-refractivity contribution in [2.24, 2.45) is 0 Å². The molecule has 0 spiro atoms. The Morgan fingerprint density at radius 1 is 1.35 bits per heavy atom. The first-order valence-electron chi connectivity index (χ1n) is 6.91. The van der Waals surface area contributed by atoms with Crippen LogP contribution in [0.3, 0.4) is 0 Å². The maximum Gasteiger partial charge on any atom is 0.269 e. The molecule has 108 valence electrons. The van der Waals surface area contributed by atoms with Crippen LogP contribution in [0.5, 0.6) is 0 Å². The van der Waals surface area contributed by atoms with Gasteiger partial charge in [0.05, 0.1) is 11.0 Å². The molecule has 1 aromatic rings. The third-order valence-electron chi connectivity index (χ3n) is 3.49. The van der Waals surface area contributed by atoms with Gasteiger partial charge in [0, 0.05) is 18.7 Å². The van der Waals surface area contributed by atoms with Gasteiger partial charge in [-0.1, -0.05) is 18.6 Å². The number of non-ortho nitro benzene ring substituents is 1. The minimum absolute atomic E-state index is 0.0478. The summed E-state index contributed by atoms with van der Waals surface area (Å²) < 4.78 is 0. The van der Waals surface area contributed by atoms with Gasteiger partial charge in [-0.25, -0.2) is 0 Å². The van der Waals surface area contributed by atoms with Gasteiger partial charge in [0.25, 0.3) is 5.69 Å². The number of carbonyl (C=O) groups is 1. The average molecular weight is 277 g/mol. The fourth-order valence-electron chi connectivity index (χ4n) is 2.31. The number of nitro benzene ring substituents is 1. The lowest BCUT2D eigenvalue weighted by Crippen LogP contribution is -2.47. The van der Waals surface area contributed by atoms with E-state index in [9.17, 15) is 14.9 Å². The van der Waals surface area contributed by atoms with Gasteiger partial charge in [0.2, 0.25) is 5.91 Å². The Morgan fingerprint density at radius 2 is 2.10 bits per heavy atom. The number of nitrogens with zero attached hydrogens (tertiary/aromatic N) is 1. The zero-order chi connectivity index (χ0) is 14.4. The van der Waals surface area contributed by atoms with Gasteiger partial charge in [-0.15, -0.1) is 0 Å². The smallest absolute Gasteiger partial charge is 0.269 e. The fraction of sp³-hybridized carbons (Fsp3) is 0.500. The molecule has 1 saturated heterocycles. The Bertz CT molecular complexity index is 467. The second-order valence-electron chi connectivity index (χ2n) is 4.97. The van der Waals surface area contributed by atoms with Gasteiger partial charge in [0.1, 0.15) is 0 Å². The molecule has 1 amide bonds. The van der Waals surface area contributed by atoms with Crippen LogP contribution in [-0.4, -0.2) is 30.0 Å². The zero-order valence-electron chi connectivity index (χ0n) is 11.3. The molecule has 1 unspecified atom stereocenters. The number of nitrogens with one attached hydrogen (secondary N) is 2. The molecule has 6 heteroatoms. The molecule has 2 N–H and O–H groups in total. The summed E-state index contributed by atoms with van der Waals surface area (Å²) in [4.78, 5) is 22.0. The van der Waals surface area contributed by atoms with Crippen LogP contribution < -0.4 is 10.6 Å². The van der Waals surface area contributed by atoms with Crippen LogP contribution in [0.25, 0.3) is 0 Å². The van der Waals surface area contributed by atoms with Crippen molar-refractivity contribution in [1.29, 1.82) is 0 Å². The summed E-state index contributed by atoms with van der Waals surface area (Å²) >= 11 is 0. The Labute approximate surface area is 117 Å². The molecule has 0 aliphatic carbocycles. The van der Waals surface area contributed by atoms with Crippen LogP contribution >= 0.6 is 0 Å². The minimum atomic E-state index is -0.416. The Balaban J connectivity index is 1.74. The number of benzene rings is 1. The van der Waals surface area contributed by atoms with E-state index in [4.69, 9.17) is 0 Å². The summed E-state index contributed by atoms with van der Waals surface area (Å²) in [6, 6.07) is 6.35. The monoisotopic (exact) mass is 277 g/mol. The van der Waals surface area contributed by atoms with Gasteiger partial charge in [0.15, 0.2) is 0 Å². The topological polar surface area (TPSA) is 84.3 Å². The lowest BCUT2D eigenvalue weighted by atomic mass is 10.0. The number of rotatable bonds is 5. The Morgan fingerprint density at radius 3 is 2.70 bits per heavy atom. The van der Waals surface area contributed by atoms with Gasteiger partial charge >= 0.3 is 0 Å². The van der Waals surface area contributed by atoms with Crippen molar-refractivity contribution in [3.05, 3.63) is 39.9 Å². The highest BCUT2D eigenvalue weighted by Crippen LogP contribution is 2.12. The molecular formula is C14H19N3O3. The molecular weight excluding hydrogens is 258 g/mol. The maximum atomic E-state index is 11.9. The van der Waals surface area contributed by atoms with E-state index < -0.39 is 4.92 Å². The molecule has 0 bridgehead atoms. The molecule has 0 radical (unpaired) electrons. The van der Waals surface area contributed by atoms with Gasteiger partial charge < -0.3 is 10.6 Å². The van der Waals surface area contributed by atoms with E-state index in [1.165, 1.54) is 12.1 Å². The van der Waals surface area contributed by atoms with Crippen molar-refractivity contribution in [1.82, 2.24) is 10.6 Å². The van der Waals surface area contributed by atoms with E-state index in [-0.39, 0.29) is 17.6 Å². The van der Waals surface area contributed by atoms with E-state index in [1.54, 1.807) is 12.1 Å². The number of nitro groups is 1. The molecule has 1 heterocycles. The number of hydrogen-bond donors (Lipinski definition) is 2. The van der Waals surface area contributed by atoms with E-state index in [0.29, 0.717) is 13.0 Å². The summed E-state index contributed by atoms with van der Waals surface area (Å²) in [7, 11) is 0. The van der Waals surface area contributed by atoms with Crippen molar-refractivity contribution >= 4 is 11.6 Å². The fourth-order valence-corrected chi connectivity index (χ4v) is 2.31. The predicted octanol–water partition coefficient (Wildman–Crippen LogP) is 1.40.